The average molecular weight is 604 g/mol. The van der Waals surface area contributed by atoms with Crippen LogP contribution in [-0.4, -0.2) is 99.7 Å². The maximum atomic E-state index is 13.2. The van der Waals surface area contributed by atoms with Crippen molar-refractivity contribution >= 4 is 41.5 Å². The number of carboxylic acid groups (broad SMARTS) is 2. The van der Waals surface area contributed by atoms with Gasteiger partial charge >= 0.3 is 11.9 Å². The molecular formula is C25H45N7O10. The van der Waals surface area contributed by atoms with Crippen LogP contribution in [0.3, 0.4) is 0 Å². The average Bonchev–Trinajstić information content (AvgIpc) is 2.89. The largest absolute Gasteiger partial charge is 0.481 e. The number of aliphatic hydroxyl groups is 1. The van der Waals surface area contributed by atoms with E-state index in [1.54, 1.807) is 13.8 Å². The predicted octanol–water partition coefficient (Wildman–Crippen LogP) is -3.37. The Kier molecular flexibility index (Phi) is 17.6. The van der Waals surface area contributed by atoms with Gasteiger partial charge < -0.3 is 53.8 Å². The first kappa shape index (κ1) is 38.2. The topological polar surface area (TPSA) is 306 Å². The highest BCUT2D eigenvalue weighted by Crippen LogP contribution is 2.08. The monoisotopic (exact) mass is 603 g/mol. The summed E-state index contributed by atoms with van der Waals surface area (Å²) in [7, 11) is 0. The molecule has 240 valence electrons. The van der Waals surface area contributed by atoms with Crippen LogP contribution in [0.5, 0.6) is 0 Å². The molecule has 0 rings (SSSR count). The number of nitrogens with one attached hydrogen (secondary N) is 4. The molecule has 0 heterocycles. The number of hydrogen-bond donors (Lipinski definition) is 10. The Bertz CT molecular complexity index is 960. The molecular weight excluding hydrogens is 558 g/mol. The van der Waals surface area contributed by atoms with E-state index in [0.29, 0.717) is 19.4 Å². The molecule has 17 heteroatoms. The van der Waals surface area contributed by atoms with Crippen LogP contribution < -0.4 is 38.5 Å². The summed E-state index contributed by atoms with van der Waals surface area (Å²) < 4.78 is 0. The molecule has 0 spiro atoms. The molecule has 0 aliphatic carbocycles. The first-order chi connectivity index (χ1) is 19.5. The van der Waals surface area contributed by atoms with Crippen molar-refractivity contribution in [1.82, 2.24) is 21.3 Å². The van der Waals surface area contributed by atoms with Crippen molar-refractivity contribution in [3.05, 3.63) is 0 Å². The van der Waals surface area contributed by atoms with E-state index in [9.17, 15) is 43.8 Å². The van der Waals surface area contributed by atoms with Gasteiger partial charge in [-0.2, -0.15) is 0 Å². The molecule has 0 saturated heterocycles. The predicted molar refractivity (Wildman–Crippen MR) is 148 cm³/mol. The van der Waals surface area contributed by atoms with Gasteiger partial charge in [-0.05, 0) is 51.5 Å². The molecule has 6 atom stereocenters. The van der Waals surface area contributed by atoms with E-state index in [4.69, 9.17) is 22.3 Å². The summed E-state index contributed by atoms with van der Waals surface area (Å²) in [5.74, 6) is -7.45. The van der Waals surface area contributed by atoms with Crippen LogP contribution in [0, 0.1) is 5.92 Å². The molecule has 0 saturated carbocycles. The third-order valence-electron chi connectivity index (χ3n) is 6.19. The second-order valence-corrected chi connectivity index (χ2v) is 10.2. The fourth-order valence-corrected chi connectivity index (χ4v) is 3.69. The Hall–Kier alpha value is -3.83. The van der Waals surface area contributed by atoms with Crippen molar-refractivity contribution in [3.8, 4) is 0 Å². The van der Waals surface area contributed by atoms with E-state index in [-0.39, 0.29) is 25.7 Å². The van der Waals surface area contributed by atoms with Gasteiger partial charge in [0.25, 0.3) is 0 Å². The summed E-state index contributed by atoms with van der Waals surface area (Å²) in [5.41, 5.74) is 16.3. The molecule has 0 aromatic carbocycles. The van der Waals surface area contributed by atoms with Crippen LogP contribution in [0.25, 0.3) is 0 Å². The lowest BCUT2D eigenvalue weighted by Gasteiger charge is -2.28. The van der Waals surface area contributed by atoms with Crippen LogP contribution in [0.2, 0.25) is 0 Å². The second kappa shape index (κ2) is 19.3. The maximum absolute atomic E-state index is 13.2. The zero-order valence-corrected chi connectivity index (χ0v) is 24.1. The van der Waals surface area contributed by atoms with Gasteiger partial charge in [0.2, 0.25) is 29.5 Å². The SMILES string of the molecule is CC(C)[C@H](NC(=O)[C@H](CCC(N)=O)NC(=O)[C@@H](NC(=O)[C@@H](N)CCC(=O)O)[C@@H](C)O)C(=O)N[C@@H](CCCCN)C(=O)O. The summed E-state index contributed by atoms with van der Waals surface area (Å²) in [6.07, 6.45) is -1.71. The van der Waals surface area contributed by atoms with Crippen molar-refractivity contribution < 1.29 is 48.9 Å². The third-order valence-corrected chi connectivity index (χ3v) is 6.19. The first-order valence-corrected chi connectivity index (χ1v) is 13.6. The van der Waals surface area contributed by atoms with Crippen LogP contribution >= 0.6 is 0 Å². The summed E-state index contributed by atoms with van der Waals surface area (Å²) in [6.45, 7) is 4.72. The number of aliphatic carboxylic acids is 2. The number of nitrogens with two attached hydrogens (primary N) is 3. The van der Waals surface area contributed by atoms with Gasteiger partial charge in [-0.1, -0.05) is 13.8 Å². The number of rotatable bonds is 21. The quantitative estimate of drug-likeness (QED) is 0.0575. The Balaban J connectivity index is 5.75. The van der Waals surface area contributed by atoms with Crippen molar-refractivity contribution in [2.75, 3.05) is 6.54 Å². The van der Waals surface area contributed by atoms with Gasteiger partial charge in [0, 0.05) is 12.8 Å². The van der Waals surface area contributed by atoms with Gasteiger partial charge in [-0.25, -0.2) is 4.79 Å². The summed E-state index contributed by atoms with van der Waals surface area (Å²) in [5, 5.41) is 37.7. The summed E-state index contributed by atoms with van der Waals surface area (Å²) in [6, 6.07) is -6.85. The Morgan fingerprint density at radius 2 is 1.24 bits per heavy atom. The minimum Gasteiger partial charge on any atom is -0.481 e. The van der Waals surface area contributed by atoms with E-state index in [1.165, 1.54) is 6.92 Å². The molecule has 42 heavy (non-hydrogen) atoms. The zero-order valence-electron chi connectivity index (χ0n) is 24.1. The number of hydrogen-bond acceptors (Lipinski definition) is 10. The van der Waals surface area contributed by atoms with E-state index in [2.05, 4.69) is 21.3 Å². The minimum absolute atomic E-state index is 0.112. The molecule has 17 nitrogen and oxygen atoms in total. The first-order valence-electron chi connectivity index (χ1n) is 13.6. The van der Waals surface area contributed by atoms with Crippen molar-refractivity contribution in [2.45, 2.75) is 102 Å². The molecule has 0 aliphatic rings. The summed E-state index contributed by atoms with van der Waals surface area (Å²) in [4.78, 5) is 85.3. The fourth-order valence-electron chi connectivity index (χ4n) is 3.69. The van der Waals surface area contributed by atoms with Gasteiger partial charge in [0.15, 0.2) is 0 Å². The van der Waals surface area contributed by atoms with E-state index in [1.807, 2.05) is 0 Å². The van der Waals surface area contributed by atoms with Crippen molar-refractivity contribution in [3.63, 3.8) is 0 Å². The van der Waals surface area contributed by atoms with Crippen LogP contribution in [-0.2, 0) is 33.6 Å². The van der Waals surface area contributed by atoms with Crippen LogP contribution in [0.15, 0.2) is 0 Å². The number of carboxylic acids is 2. The van der Waals surface area contributed by atoms with E-state index >= 15 is 0 Å². The van der Waals surface area contributed by atoms with Gasteiger partial charge in [-0.3, -0.25) is 28.8 Å². The molecule has 13 N–H and O–H groups in total. The highest BCUT2D eigenvalue weighted by Gasteiger charge is 2.34. The van der Waals surface area contributed by atoms with Crippen molar-refractivity contribution in [2.24, 2.45) is 23.1 Å². The van der Waals surface area contributed by atoms with Crippen LogP contribution in [0.4, 0.5) is 0 Å². The van der Waals surface area contributed by atoms with E-state index in [0.717, 1.165) is 0 Å². The van der Waals surface area contributed by atoms with Crippen LogP contribution in [0.1, 0.15) is 65.7 Å². The molecule has 0 unspecified atom stereocenters. The second-order valence-electron chi connectivity index (χ2n) is 10.2. The maximum Gasteiger partial charge on any atom is 0.326 e. The molecule has 0 aromatic rings. The Morgan fingerprint density at radius 1 is 0.690 bits per heavy atom. The molecule has 5 amide bonds. The molecule has 0 aromatic heterocycles. The number of primary amides is 1. The van der Waals surface area contributed by atoms with Crippen molar-refractivity contribution in [1.29, 1.82) is 0 Å². The Labute approximate surface area is 243 Å². The fraction of sp³-hybridized carbons (Fsp3) is 0.720. The lowest BCUT2D eigenvalue weighted by molar-refractivity contribution is -0.143. The van der Waals surface area contributed by atoms with Gasteiger partial charge in [0.05, 0.1) is 12.1 Å². The number of carbonyl (C=O) groups excluding carboxylic acids is 5. The highest BCUT2D eigenvalue weighted by molar-refractivity contribution is 5.96. The smallest absolute Gasteiger partial charge is 0.326 e. The molecule has 0 fully saturated rings. The lowest BCUT2D eigenvalue weighted by atomic mass is 10.0. The Morgan fingerprint density at radius 3 is 1.71 bits per heavy atom. The molecule has 0 aliphatic heterocycles. The third kappa shape index (κ3) is 14.7. The van der Waals surface area contributed by atoms with Gasteiger partial charge in [-0.15, -0.1) is 0 Å². The number of unbranched alkanes of at least 4 members (excludes halogenated alkanes) is 1. The minimum atomic E-state index is -1.62. The van der Waals surface area contributed by atoms with E-state index < -0.39 is 90.1 Å². The number of aliphatic hydroxyl groups excluding tert-OH is 1. The number of carbonyl (C=O) groups is 7. The molecule has 0 bridgehead atoms. The lowest BCUT2D eigenvalue weighted by Crippen LogP contribution is -2.61. The highest BCUT2D eigenvalue weighted by atomic mass is 16.4. The standard InChI is InChI=1S/C25H45N7O10/c1-12(2)19(23(39)30-16(25(41)42)6-4-5-11-26)31-22(38)15(8-9-17(28)34)29-24(40)20(13(3)33)32-21(37)14(27)7-10-18(35)36/h12-16,19-20,33H,4-11,26-27H2,1-3H3,(H2,28,34)(H,29,40)(H,30,39)(H,31,38)(H,32,37)(H,35,36)(H,41,42)/t13-,14+,15+,16+,19+,20+/m1/s1. The number of amides is 5. The zero-order chi connectivity index (χ0) is 32.6. The summed E-state index contributed by atoms with van der Waals surface area (Å²) >= 11 is 0. The van der Waals surface area contributed by atoms with Gasteiger partial charge in [0.1, 0.15) is 24.2 Å². The molecule has 0 radical (unpaired) electrons. The normalized spacial score (nSPS) is 15.3.